The molecule has 0 aliphatic carbocycles. The Balaban J connectivity index is 1.98. The number of rotatable bonds is 6. The fraction of sp³-hybridized carbons (Fsp3) is 0. The Morgan fingerprint density at radius 2 is 1.26 bits per heavy atom. The lowest BCUT2D eigenvalue weighted by Crippen LogP contribution is -1.99. The van der Waals surface area contributed by atoms with Crippen molar-refractivity contribution in [1.29, 1.82) is 0 Å². The van der Waals surface area contributed by atoms with Crippen molar-refractivity contribution in [2.75, 3.05) is 5.32 Å². The highest BCUT2D eigenvalue weighted by molar-refractivity contribution is 5.88. The number of benzene rings is 3. The van der Waals surface area contributed by atoms with Crippen molar-refractivity contribution in [3.8, 4) is 0 Å². The van der Waals surface area contributed by atoms with E-state index in [4.69, 9.17) is 0 Å². The zero-order valence-corrected chi connectivity index (χ0v) is 14.1. The van der Waals surface area contributed by atoms with Crippen LogP contribution in [0.2, 0.25) is 0 Å². The minimum absolute atomic E-state index is 0.00754. The molecule has 7 heteroatoms. The Morgan fingerprint density at radius 3 is 1.78 bits per heavy atom. The first-order chi connectivity index (χ1) is 13.0. The van der Waals surface area contributed by atoms with Crippen molar-refractivity contribution in [2.45, 2.75) is 0 Å². The molecule has 7 nitrogen and oxygen atoms in total. The van der Waals surface area contributed by atoms with E-state index in [1.54, 1.807) is 24.3 Å². The zero-order chi connectivity index (χ0) is 19.2. The maximum atomic E-state index is 10.9. The molecule has 0 saturated carbocycles. The van der Waals surface area contributed by atoms with E-state index in [9.17, 15) is 20.2 Å². The summed E-state index contributed by atoms with van der Waals surface area (Å²) >= 11 is 0. The summed E-state index contributed by atoms with van der Waals surface area (Å²) in [5.41, 5.74) is 3.10. The molecule has 134 valence electrons. The fourth-order valence-electron chi connectivity index (χ4n) is 2.49. The van der Waals surface area contributed by atoms with Crippen LogP contribution in [0.5, 0.6) is 0 Å². The van der Waals surface area contributed by atoms with Crippen molar-refractivity contribution < 1.29 is 9.85 Å². The van der Waals surface area contributed by atoms with E-state index in [-0.39, 0.29) is 11.4 Å². The van der Waals surface area contributed by atoms with Crippen molar-refractivity contribution in [2.24, 2.45) is 0 Å². The topological polar surface area (TPSA) is 98.3 Å². The second kappa shape index (κ2) is 7.92. The molecule has 0 fully saturated rings. The zero-order valence-electron chi connectivity index (χ0n) is 14.1. The molecule has 0 aliphatic rings. The van der Waals surface area contributed by atoms with E-state index < -0.39 is 9.85 Å². The first kappa shape index (κ1) is 17.8. The van der Waals surface area contributed by atoms with Crippen molar-refractivity contribution >= 4 is 28.8 Å². The first-order valence-corrected chi connectivity index (χ1v) is 8.06. The molecule has 3 rings (SSSR count). The monoisotopic (exact) mass is 361 g/mol. The van der Waals surface area contributed by atoms with Gasteiger partial charge >= 0.3 is 0 Å². The van der Waals surface area contributed by atoms with Gasteiger partial charge in [0.1, 0.15) is 0 Å². The number of nitrogens with zero attached hydrogens (tertiary/aromatic N) is 2. The number of non-ortho nitro benzene ring substituents is 2. The van der Waals surface area contributed by atoms with Gasteiger partial charge in [-0.15, -0.1) is 0 Å². The molecule has 0 atom stereocenters. The summed E-state index contributed by atoms with van der Waals surface area (Å²) in [6.07, 6.45) is 1.83. The fourth-order valence-corrected chi connectivity index (χ4v) is 2.49. The smallest absolute Gasteiger partial charge is 0.269 e. The lowest BCUT2D eigenvalue weighted by molar-refractivity contribution is -0.385. The summed E-state index contributed by atoms with van der Waals surface area (Å²) < 4.78 is 0. The van der Waals surface area contributed by atoms with E-state index >= 15 is 0 Å². The van der Waals surface area contributed by atoms with Gasteiger partial charge in [-0.1, -0.05) is 18.2 Å². The Morgan fingerprint density at radius 1 is 0.741 bits per heavy atom. The van der Waals surface area contributed by atoms with Gasteiger partial charge in [-0.25, -0.2) is 0 Å². The number of nitro benzene ring substituents is 2. The summed E-state index contributed by atoms with van der Waals surface area (Å²) in [6.45, 7) is 0. The second-order valence-electron chi connectivity index (χ2n) is 5.70. The van der Waals surface area contributed by atoms with Gasteiger partial charge < -0.3 is 5.32 Å². The number of nitro groups is 2. The van der Waals surface area contributed by atoms with Crippen LogP contribution in [0.1, 0.15) is 11.1 Å². The van der Waals surface area contributed by atoms with E-state index in [2.05, 4.69) is 5.32 Å². The summed E-state index contributed by atoms with van der Waals surface area (Å²) in [5, 5.41) is 25.0. The van der Waals surface area contributed by atoms with Gasteiger partial charge in [0.15, 0.2) is 0 Å². The summed E-state index contributed by atoms with van der Waals surface area (Å²) in [6, 6.07) is 21.8. The molecule has 0 spiro atoms. The number of para-hydroxylation sites is 1. The lowest BCUT2D eigenvalue weighted by atomic mass is 10.1. The Kier molecular flexibility index (Phi) is 5.22. The quantitative estimate of drug-likeness (QED) is 0.373. The largest absolute Gasteiger partial charge is 0.355 e. The molecule has 3 aromatic carbocycles. The van der Waals surface area contributed by atoms with Crippen LogP contribution in [-0.2, 0) is 0 Å². The van der Waals surface area contributed by atoms with Gasteiger partial charge in [-0.2, -0.15) is 0 Å². The molecule has 0 heterocycles. The SMILES string of the molecule is O=[N+]([O-])c1ccc(/C=C(/Nc2ccccc2)c2ccc([N+](=O)[O-])cc2)cc1. The highest BCUT2D eigenvalue weighted by atomic mass is 16.6. The molecule has 0 unspecified atom stereocenters. The first-order valence-electron chi connectivity index (χ1n) is 8.06. The van der Waals surface area contributed by atoms with E-state index in [0.29, 0.717) is 5.70 Å². The van der Waals surface area contributed by atoms with Crippen molar-refractivity contribution in [1.82, 2.24) is 0 Å². The number of nitrogens with one attached hydrogen (secondary N) is 1. The Labute approximate surface area is 154 Å². The predicted molar refractivity (Wildman–Crippen MR) is 104 cm³/mol. The second-order valence-corrected chi connectivity index (χ2v) is 5.70. The van der Waals surface area contributed by atoms with Crippen LogP contribution in [0.25, 0.3) is 11.8 Å². The Bertz CT molecular complexity index is 982. The van der Waals surface area contributed by atoms with Crippen LogP contribution in [0.15, 0.2) is 78.9 Å². The molecule has 0 amide bonds. The molecule has 1 N–H and O–H groups in total. The van der Waals surface area contributed by atoms with Gasteiger partial charge in [0.25, 0.3) is 11.4 Å². The van der Waals surface area contributed by atoms with Crippen LogP contribution in [0.3, 0.4) is 0 Å². The normalized spacial score (nSPS) is 11.0. The molecule has 0 bridgehead atoms. The third-order valence-electron chi connectivity index (χ3n) is 3.86. The highest BCUT2D eigenvalue weighted by Crippen LogP contribution is 2.24. The van der Waals surface area contributed by atoms with Crippen LogP contribution in [0.4, 0.5) is 17.1 Å². The maximum absolute atomic E-state index is 10.9. The van der Waals surface area contributed by atoms with Crippen LogP contribution in [0, 0.1) is 20.2 Å². The van der Waals surface area contributed by atoms with Gasteiger partial charge in [0.05, 0.1) is 9.85 Å². The number of anilines is 1. The van der Waals surface area contributed by atoms with Crippen LogP contribution >= 0.6 is 0 Å². The highest BCUT2D eigenvalue weighted by Gasteiger charge is 2.09. The minimum Gasteiger partial charge on any atom is -0.355 e. The Hall–Kier alpha value is -4.00. The van der Waals surface area contributed by atoms with Gasteiger partial charge in [0.2, 0.25) is 0 Å². The van der Waals surface area contributed by atoms with Crippen molar-refractivity contribution in [3.63, 3.8) is 0 Å². The van der Waals surface area contributed by atoms with E-state index in [1.807, 2.05) is 36.4 Å². The predicted octanol–water partition coefficient (Wildman–Crippen LogP) is 5.11. The molecular formula is C20H15N3O4. The third-order valence-corrected chi connectivity index (χ3v) is 3.86. The van der Waals surface area contributed by atoms with Crippen molar-refractivity contribution in [3.05, 3.63) is 110 Å². The van der Waals surface area contributed by atoms with Gasteiger partial charge in [-0.3, -0.25) is 20.2 Å². The summed E-state index contributed by atoms with van der Waals surface area (Å²) in [7, 11) is 0. The molecule has 0 radical (unpaired) electrons. The van der Waals surface area contributed by atoms with E-state index in [0.717, 1.165) is 16.8 Å². The third kappa shape index (κ3) is 4.55. The lowest BCUT2D eigenvalue weighted by Gasteiger charge is -2.12. The van der Waals surface area contributed by atoms with E-state index in [1.165, 1.54) is 24.3 Å². The molecule has 0 saturated heterocycles. The molecule has 0 aliphatic heterocycles. The standard InChI is InChI=1S/C20H15N3O4/c24-22(25)18-10-6-15(7-11-18)14-20(21-17-4-2-1-3-5-17)16-8-12-19(13-9-16)23(26)27/h1-14,21H/b20-14+. The van der Waals surface area contributed by atoms with Gasteiger partial charge in [-0.05, 0) is 53.6 Å². The molecule has 3 aromatic rings. The summed E-state index contributed by atoms with van der Waals surface area (Å²) in [4.78, 5) is 20.8. The minimum atomic E-state index is -0.451. The number of hydrogen-bond donors (Lipinski definition) is 1. The maximum Gasteiger partial charge on any atom is 0.269 e. The average molecular weight is 361 g/mol. The molecule has 0 aromatic heterocycles. The number of hydrogen-bond acceptors (Lipinski definition) is 5. The molecular weight excluding hydrogens is 346 g/mol. The summed E-state index contributed by atoms with van der Waals surface area (Å²) in [5.74, 6) is 0. The van der Waals surface area contributed by atoms with Crippen LogP contribution < -0.4 is 5.32 Å². The molecule has 27 heavy (non-hydrogen) atoms. The average Bonchev–Trinajstić information content (AvgIpc) is 2.69. The van der Waals surface area contributed by atoms with Crippen LogP contribution in [-0.4, -0.2) is 9.85 Å². The van der Waals surface area contributed by atoms with Gasteiger partial charge in [0, 0.05) is 35.6 Å².